The van der Waals surface area contributed by atoms with E-state index in [1.807, 2.05) is 13.8 Å². The van der Waals surface area contributed by atoms with E-state index in [9.17, 15) is 0 Å². The van der Waals surface area contributed by atoms with Crippen molar-refractivity contribution in [3.05, 3.63) is 0 Å². The fourth-order valence-electron chi connectivity index (χ4n) is 2.05. The van der Waals surface area contributed by atoms with Crippen molar-refractivity contribution >= 4 is 0 Å². The summed E-state index contributed by atoms with van der Waals surface area (Å²) in [5.74, 6) is 0. The largest absolute Gasteiger partial charge is 0.314 e. The van der Waals surface area contributed by atoms with Crippen LogP contribution in [0.4, 0.5) is 0 Å². The molecule has 0 saturated carbocycles. The van der Waals surface area contributed by atoms with E-state index in [0.29, 0.717) is 0 Å². The van der Waals surface area contributed by atoms with Gasteiger partial charge in [0.2, 0.25) is 0 Å². The fourth-order valence-corrected chi connectivity index (χ4v) is 2.05. The van der Waals surface area contributed by atoms with Crippen LogP contribution in [-0.2, 0) is 0 Å². The van der Waals surface area contributed by atoms with Crippen molar-refractivity contribution in [1.82, 2.24) is 20.4 Å². The lowest BCUT2D eigenvalue weighted by atomic mass is 10.4. The summed E-state index contributed by atoms with van der Waals surface area (Å²) in [5, 5.41) is 7.06. The number of nitrogens with one attached hydrogen (secondary N) is 2. The predicted molar refractivity (Wildman–Crippen MR) is 87.7 cm³/mol. The molecule has 1 heterocycles. The molecule has 0 unspecified atom stereocenters. The number of hydrogen-bond donors (Lipinski definition) is 2. The van der Waals surface area contributed by atoms with Gasteiger partial charge in [0.25, 0.3) is 0 Å². The molecule has 0 aromatic heterocycles. The smallest absolute Gasteiger partial charge is 0.0107 e. The van der Waals surface area contributed by atoms with Gasteiger partial charge in [-0.3, -0.25) is 0 Å². The van der Waals surface area contributed by atoms with Gasteiger partial charge in [0.15, 0.2) is 0 Å². The number of hydrogen-bond acceptors (Lipinski definition) is 4. The third-order valence-corrected chi connectivity index (χ3v) is 3.31. The quantitative estimate of drug-likeness (QED) is 0.793. The number of rotatable bonds is 2. The first-order valence-electron chi connectivity index (χ1n) is 7.73. The van der Waals surface area contributed by atoms with Crippen LogP contribution in [0.5, 0.6) is 0 Å². The van der Waals surface area contributed by atoms with Gasteiger partial charge in [-0.1, -0.05) is 27.7 Å². The molecule has 4 nitrogen and oxygen atoms in total. The highest BCUT2D eigenvalue weighted by Crippen LogP contribution is 1.89. The van der Waals surface area contributed by atoms with Gasteiger partial charge in [-0.2, -0.15) is 0 Å². The molecular formula is C14H40N4. The molecule has 0 aliphatic carbocycles. The Morgan fingerprint density at radius 2 is 1.00 bits per heavy atom. The van der Waals surface area contributed by atoms with Crippen molar-refractivity contribution in [2.45, 2.75) is 27.7 Å². The molecule has 1 saturated heterocycles. The Kier molecular flexibility index (Phi) is 13.2. The van der Waals surface area contributed by atoms with E-state index >= 15 is 0 Å². The minimum Gasteiger partial charge on any atom is -0.314 e. The van der Waals surface area contributed by atoms with Crippen LogP contribution < -0.4 is 10.6 Å². The Hall–Kier alpha value is -0.160. The summed E-state index contributed by atoms with van der Waals surface area (Å²) in [6.45, 7) is 19.9. The Morgan fingerprint density at radius 1 is 0.722 bits per heavy atom. The van der Waals surface area contributed by atoms with Crippen LogP contribution in [0, 0.1) is 0 Å². The highest BCUT2D eigenvalue weighted by atomic mass is 15.2. The molecule has 0 aromatic rings. The Balaban J connectivity index is -0.000000276. The second kappa shape index (κ2) is 13.3. The SMILES string of the molecule is CC.CCN1CCNCCN(CC)CCNCC1.[HH].[HH].[HH]. The normalized spacial score (nSPS) is 21.3. The zero-order valence-corrected chi connectivity index (χ0v) is 13.0. The standard InChI is InChI=1S/C12H28N4.C2H6.3H2/c1-3-15-9-5-13-7-11-16(4-2)12-8-14-6-10-15;1-2;;;/h13-14H,3-12H2,1-2H3;1-2H3;3*1H. The molecule has 1 rings (SSSR count). The van der Waals surface area contributed by atoms with Crippen molar-refractivity contribution in [2.24, 2.45) is 0 Å². The maximum absolute atomic E-state index is 3.53. The van der Waals surface area contributed by atoms with E-state index in [1.165, 1.54) is 26.2 Å². The third-order valence-electron chi connectivity index (χ3n) is 3.31. The molecule has 116 valence electrons. The summed E-state index contributed by atoms with van der Waals surface area (Å²) in [5.41, 5.74) is 0. The van der Waals surface area contributed by atoms with Crippen LogP contribution in [0.15, 0.2) is 0 Å². The molecule has 2 N–H and O–H groups in total. The van der Waals surface area contributed by atoms with Gasteiger partial charge in [0, 0.05) is 56.6 Å². The highest BCUT2D eigenvalue weighted by Gasteiger charge is 2.05. The predicted octanol–water partition coefficient (Wildman–Crippen LogP) is 1.59. The summed E-state index contributed by atoms with van der Waals surface area (Å²) in [4.78, 5) is 5.00. The first kappa shape index (κ1) is 17.8. The molecule has 1 aliphatic rings. The van der Waals surface area contributed by atoms with Crippen molar-refractivity contribution in [3.8, 4) is 0 Å². The maximum Gasteiger partial charge on any atom is 0.0107 e. The van der Waals surface area contributed by atoms with Gasteiger partial charge in [-0.25, -0.2) is 0 Å². The van der Waals surface area contributed by atoms with Crippen LogP contribution in [0.2, 0.25) is 0 Å². The molecule has 1 fully saturated rings. The van der Waals surface area contributed by atoms with Crippen LogP contribution >= 0.6 is 0 Å². The minimum atomic E-state index is 0. The lowest BCUT2D eigenvalue weighted by molar-refractivity contribution is 0.253. The van der Waals surface area contributed by atoms with Crippen LogP contribution in [0.3, 0.4) is 0 Å². The molecule has 0 aromatic carbocycles. The molecule has 1 aliphatic heterocycles. The van der Waals surface area contributed by atoms with E-state index < -0.39 is 0 Å². The Morgan fingerprint density at radius 3 is 1.22 bits per heavy atom. The van der Waals surface area contributed by atoms with Crippen molar-refractivity contribution in [2.75, 3.05) is 65.4 Å². The van der Waals surface area contributed by atoms with E-state index in [1.54, 1.807) is 0 Å². The second-order valence-electron chi connectivity index (χ2n) is 4.37. The maximum atomic E-state index is 3.53. The number of likely N-dealkylation sites (N-methyl/N-ethyl adjacent to an activating group) is 2. The average Bonchev–Trinajstić information content (AvgIpc) is 2.42. The number of nitrogens with zero attached hydrogens (tertiary/aromatic N) is 2. The van der Waals surface area contributed by atoms with E-state index in [0.717, 1.165) is 39.3 Å². The van der Waals surface area contributed by atoms with Crippen molar-refractivity contribution in [1.29, 1.82) is 0 Å². The zero-order chi connectivity index (χ0) is 13.6. The topological polar surface area (TPSA) is 30.5 Å². The van der Waals surface area contributed by atoms with Gasteiger partial charge in [-0.05, 0) is 13.1 Å². The summed E-state index contributed by atoms with van der Waals surface area (Å²) in [6.07, 6.45) is 0. The van der Waals surface area contributed by atoms with Crippen molar-refractivity contribution < 1.29 is 4.28 Å². The molecular weight excluding hydrogens is 224 g/mol. The second-order valence-corrected chi connectivity index (χ2v) is 4.37. The van der Waals surface area contributed by atoms with Gasteiger partial charge in [0.05, 0.1) is 0 Å². The van der Waals surface area contributed by atoms with Gasteiger partial charge >= 0.3 is 0 Å². The highest BCUT2D eigenvalue weighted by molar-refractivity contribution is 4.65. The van der Waals surface area contributed by atoms with Crippen LogP contribution in [-0.4, -0.2) is 75.2 Å². The van der Waals surface area contributed by atoms with Gasteiger partial charge in [-0.15, -0.1) is 0 Å². The summed E-state index contributed by atoms with van der Waals surface area (Å²) in [7, 11) is 0. The van der Waals surface area contributed by atoms with Crippen molar-refractivity contribution in [3.63, 3.8) is 0 Å². The third kappa shape index (κ3) is 8.86. The van der Waals surface area contributed by atoms with Crippen LogP contribution in [0.25, 0.3) is 0 Å². The molecule has 4 heteroatoms. The summed E-state index contributed by atoms with van der Waals surface area (Å²) in [6, 6.07) is 0. The lowest BCUT2D eigenvalue weighted by Crippen LogP contribution is -2.43. The Bertz CT molecular complexity index is 146. The summed E-state index contributed by atoms with van der Waals surface area (Å²) >= 11 is 0. The molecule has 0 spiro atoms. The van der Waals surface area contributed by atoms with E-state index in [2.05, 4.69) is 34.3 Å². The Labute approximate surface area is 119 Å². The van der Waals surface area contributed by atoms with Crippen LogP contribution in [0.1, 0.15) is 32.0 Å². The molecule has 0 amide bonds. The van der Waals surface area contributed by atoms with E-state index in [-0.39, 0.29) is 4.28 Å². The minimum absolute atomic E-state index is 0. The van der Waals surface area contributed by atoms with Gasteiger partial charge < -0.3 is 20.4 Å². The van der Waals surface area contributed by atoms with E-state index in [4.69, 9.17) is 0 Å². The summed E-state index contributed by atoms with van der Waals surface area (Å²) < 4.78 is 0. The zero-order valence-electron chi connectivity index (χ0n) is 13.0. The lowest BCUT2D eigenvalue weighted by Gasteiger charge is -2.25. The molecule has 0 radical (unpaired) electrons. The molecule has 18 heavy (non-hydrogen) atoms. The average molecular weight is 265 g/mol. The molecule has 0 atom stereocenters. The first-order valence-corrected chi connectivity index (χ1v) is 7.73. The monoisotopic (exact) mass is 264 g/mol. The van der Waals surface area contributed by atoms with Gasteiger partial charge in [0.1, 0.15) is 0 Å². The fraction of sp³-hybridized carbons (Fsp3) is 1.00. The molecule has 0 bridgehead atoms. The first-order chi connectivity index (χ1) is 8.86.